The number of pyridine rings is 1. The summed E-state index contributed by atoms with van der Waals surface area (Å²) in [5.74, 6) is -0.123. The molecule has 0 saturated carbocycles. The minimum absolute atomic E-state index is 0.123. The lowest BCUT2D eigenvalue weighted by atomic mass is 10.2. The molecular formula is C16H19N3O. The molecule has 0 unspecified atom stereocenters. The van der Waals surface area contributed by atoms with E-state index in [0.717, 1.165) is 29.3 Å². The Morgan fingerprint density at radius 1 is 1.10 bits per heavy atom. The van der Waals surface area contributed by atoms with Crippen molar-refractivity contribution in [3.05, 3.63) is 53.3 Å². The largest absolute Gasteiger partial charge is 0.385 e. The fraction of sp³-hybridized carbons (Fsp3) is 0.250. The van der Waals surface area contributed by atoms with E-state index in [0.29, 0.717) is 5.56 Å². The van der Waals surface area contributed by atoms with E-state index in [1.165, 1.54) is 0 Å². The predicted molar refractivity (Wildman–Crippen MR) is 82.3 cm³/mol. The van der Waals surface area contributed by atoms with Crippen LogP contribution in [0.4, 0.5) is 11.4 Å². The number of rotatable bonds is 4. The van der Waals surface area contributed by atoms with E-state index in [1.807, 2.05) is 57.2 Å². The molecule has 1 amide bonds. The molecule has 1 aromatic heterocycles. The van der Waals surface area contributed by atoms with E-state index < -0.39 is 0 Å². The number of hydrogen-bond acceptors (Lipinski definition) is 3. The third-order valence-corrected chi connectivity index (χ3v) is 3.00. The number of hydrogen-bond donors (Lipinski definition) is 2. The lowest BCUT2D eigenvalue weighted by molar-refractivity contribution is 0.102. The van der Waals surface area contributed by atoms with Crippen LogP contribution in [0.5, 0.6) is 0 Å². The van der Waals surface area contributed by atoms with Gasteiger partial charge in [0, 0.05) is 23.5 Å². The maximum absolute atomic E-state index is 12.2. The second-order valence-electron chi connectivity index (χ2n) is 4.65. The fourth-order valence-electron chi connectivity index (χ4n) is 1.96. The second-order valence-corrected chi connectivity index (χ2v) is 4.65. The maximum Gasteiger partial charge on any atom is 0.255 e. The van der Waals surface area contributed by atoms with Gasteiger partial charge in [-0.1, -0.05) is 0 Å². The Hall–Kier alpha value is -2.36. The van der Waals surface area contributed by atoms with Crippen molar-refractivity contribution in [1.29, 1.82) is 0 Å². The molecule has 0 aliphatic rings. The van der Waals surface area contributed by atoms with Crippen molar-refractivity contribution in [3.8, 4) is 0 Å². The Balaban J connectivity index is 2.11. The minimum Gasteiger partial charge on any atom is -0.385 e. The van der Waals surface area contributed by atoms with Gasteiger partial charge in [-0.25, -0.2) is 0 Å². The molecule has 104 valence electrons. The molecule has 0 spiro atoms. The van der Waals surface area contributed by atoms with Gasteiger partial charge in [0.05, 0.1) is 11.4 Å². The van der Waals surface area contributed by atoms with E-state index in [-0.39, 0.29) is 5.91 Å². The number of aromatic nitrogens is 1. The first-order valence-corrected chi connectivity index (χ1v) is 6.69. The van der Waals surface area contributed by atoms with Crippen LogP contribution in [0.3, 0.4) is 0 Å². The molecule has 2 aromatic rings. The lowest BCUT2D eigenvalue weighted by Gasteiger charge is -2.09. The first-order chi connectivity index (χ1) is 9.60. The van der Waals surface area contributed by atoms with Gasteiger partial charge in [-0.3, -0.25) is 9.78 Å². The first kappa shape index (κ1) is 14.1. The predicted octanol–water partition coefficient (Wildman–Crippen LogP) is 3.38. The van der Waals surface area contributed by atoms with Gasteiger partial charge in [0.25, 0.3) is 5.91 Å². The summed E-state index contributed by atoms with van der Waals surface area (Å²) < 4.78 is 0. The topological polar surface area (TPSA) is 54.0 Å². The van der Waals surface area contributed by atoms with Crippen LogP contribution in [0.25, 0.3) is 0 Å². The molecule has 0 fully saturated rings. The van der Waals surface area contributed by atoms with Crippen molar-refractivity contribution in [2.24, 2.45) is 0 Å². The van der Waals surface area contributed by atoms with Crippen LogP contribution < -0.4 is 10.6 Å². The third kappa shape index (κ3) is 3.35. The van der Waals surface area contributed by atoms with Crippen LogP contribution in [0.15, 0.2) is 36.4 Å². The molecule has 1 heterocycles. The van der Waals surface area contributed by atoms with E-state index >= 15 is 0 Å². The molecule has 2 N–H and O–H groups in total. The highest BCUT2D eigenvalue weighted by atomic mass is 16.1. The van der Waals surface area contributed by atoms with Crippen LogP contribution in [-0.2, 0) is 0 Å². The average Bonchev–Trinajstić information content (AvgIpc) is 2.43. The highest BCUT2D eigenvalue weighted by molar-refractivity contribution is 6.04. The van der Waals surface area contributed by atoms with Crippen molar-refractivity contribution in [2.45, 2.75) is 20.8 Å². The number of amides is 1. The fourth-order valence-corrected chi connectivity index (χ4v) is 1.96. The van der Waals surface area contributed by atoms with E-state index in [2.05, 4.69) is 15.6 Å². The zero-order valence-electron chi connectivity index (χ0n) is 12.0. The van der Waals surface area contributed by atoms with Crippen molar-refractivity contribution in [2.75, 3.05) is 17.2 Å². The molecular weight excluding hydrogens is 250 g/mol. The zero-order valence-corrected chi connectivity index (χ0v) is 12.0. The molecule has 4 nitrogen and oxygen atoms in total. The number of nitrogens with one attached hydrogen (secondary N) is 2. The summed E-state index contributed by atoms with van der Waals surface area (Å²) in [5, 5.41) is 6.08. The Labute approximate surface area is 119 Å². The molecule has 0 saturated heterocycles. The molecule has 0 atom stereocenters. The number of anilines is 2. The van der Waals surface area contributed by atoms with E-state index in [1.54, 1.807) is 0 Å². The molecule has 0 bridgehead atoms. The van der Waals surface area contributed by atoms with Gasteiger partial charge in [0.15, 0.2) is 0 Å². The summed E-state index contributed by atoms with van der Waals surface area (Å²) >= 11 is 0. The molecule has 20 heavy (non-hydrogen) atoms. The monoisotopic (exact) mass is 269 g/mol. The second kappa shape index (κ2) is 6.19. The average molecular weight is 269 g/mol. The molecule has 1 aromatic carbocycles. The Morgan fingerprint density at radius 3 is 2.40 bits per heavy atom. The lowest BCUT2D eigenvalue weighted by Crippen LogP contribution is -2.13. The van der Waals surface area contributed by atoms with Crippen molar-refractivity contribution < 1.29 is 4.79 Å². The van der Waals surface area contributed by atoms with E-state index in [4.69, 9.17) is 0 Å². The highest BCUT2D eigenvalue weighted by Gasteiger charge is 2.08. The standard InChI is InChI=1S/C16H19N3O/c1-4-17-14-8-6-13(7-9-14)16(20)19-15-10-5-11(2)18-12(15)3/h5-10,17H,4H2,1-3H3,(H,19,20). The Morgan fingerprint density at radius 2 is 1.80 bits per heavy atom. The van der Waals surface area contributed by atoms with Gasteiger partial charge in [0.2, 0.25) is 0 Å². The molecule has 2 rings (SSSR count). The maximum atomic E-state index is 12.2. The summed E-state index contributed by atoms with van der Waals surface area (Å²) in [6.45, 7) is 6.71. The summed E-state index contributed by atoms with van der Waals surface area (Å²) in [6.07, 6.45) is 0. The molecule has 0 radical (unpaired) electrons. The number of aryl methyl sites for hydroxylation is 2. The third-order valence-electron chi connectivity index (χ3n) is 3.00. The first-order valence-electron chi connectivity index (χ1n) is 6.69. The Kier molecular flexibility index (Phi) is 4.35. The number of nitrogens with zero attached hydrogens (tertiary/aromatic N) is 1. The van der Waals surface area contributed by atoms with Crippen molar-refractivity contribution >= 4 is 17.3 Å². The van der Waals surface area contributed by atoms with Crippen LogP contribution in [0, 0.1) is 13.8 Å². The van der Waals surface area contributed by atoms with E-state index in [9.17, 15) is 4.79 Å². The van der Waals surface area contributed by atoms with Crippen molar-refractivity contribution in [3.63, 3.8) is 0 Å². The summed E-state index contributed by atoms with van der Waals surface area (Å²) in [4.78, 5) is 16.5. The Bertz CT molecular complexity index is 606. The smallest absolute Gasteiger partial charge is 0.255 e. The van der Waals surface area contributed by atoms with Gasteiger partial charge in [-0.05, 0) is 57.2 Å². The summed E-state index contributed by atoms with van der Waals surface area (Å²) in [5.41, 5.74) is 4.15. The normalized spacial score (nSPS) is 10.2. The van der Waals surface area contributed by atoms with Gasteiger partial charge >= 0.3 is 0 Å². The molecule has 0 aliphatic heterocycles. The van der Waals surface area contributed by atoms with Crippen molar-refractivity contribution in [1.82, 2.24) is 4.98 Å². The minimum atomic E-state index is -0.123. The van der Waals surface area contributed by atoms with Gasteiger partial charge in [-0.15, -0.1) is 0 Å². The number of benzene rings is 1. The number of carbonyl (C=O) groups excluding carboxylic acids is 1. The molecule has 0 aliphatic carbocycles. The SMILES string of the molecule is CCNc1ccc(C(=O)Nc2ccc(C)nc2C)cc1. The van der Waals surface area contributed by atoms with Gasteiger partial charge < -0.3 is 10.6 Å². The summed E-state index contributed by atoms with van der Waals surface area (Å²) in [7, 11) is 0. The number of carbonyl (C=O) groups is 1. The highest BCUT2D eigenvalue weighted by Crippen LogP contribution is 2.15. The quantitative estimate of drug-likeness (QED) is 0.894. The van der Waals surface area contributed by atoms with Crippen LogP contribution in [-0.4, -0.2) is 17.4 Å². The van der Waals surface area contributed by atoms with Crippen LogP contribution in [0.1, 0.15) is 28.7 Å². The van der Waals surface area contributed by atoms with Crippen LogP contribution >= 0.6 is 0 Å². The molecule has 4 heteroatoms. The zero-order chi connectivity index (χ0) is 14.5. The van der Waals surface area contributed by atoms with Gasteiger partial charge in [-0.2, -0.15) is 0 Å². The van der Waals surface area contributed by atoms with Crippen LogP contribution in [0.2, 0.25) is 0 Å². The summed E-state index contributed by atoms with van der Waals surface area (Å²) in [6, 6.07) is 11.2. The van der Waals surface area contributed by atoms with Gasteiger partial charge in [0.1, 0.15) is 0 Å².